The summed E-state index contributed by atoms with van der Waals surface area (Å²) in [6.07, 6.45) is 8.22. The number of benzene rings is 3. The van der Waals surface area contributed by atoms with Crippen molar-refractivity contribution in [2.24, 2.45) is 4.99 Å². The van der Waals surface area contributed by atoms with E-state index in [2.05, 4.69) is 13.5 Å². The molecule has 3 aromatic carbocycles. The highest BCUT2D eigenvalue weighted by molar-refractivity contribution is 7.98. The molecular formula is C37H34N4O4S2. The molecule has 0 bridgehead atoms. The average molecular weight is 663 g/mol. The zero-order valence-corrected chi connectivity index (χ0v) is 28.0. The van der Waals surface area contributed by atoms with Crippen LogP contribution in [0.2, 0.25) is 0 Å². The van der Waals surface area contributed by atoms with Crippen LogP contribution in [0.3, 0.4) is 0 Å². The van der Waals surface area contributed by atoms with Crippen LogP contribution in [0.25, 0.3) is 23.0 Å². The average Bonchev–Trinajstić information content (AvgIpc) is 3.66. The Hall–Kier alpha value is -4.93. The quantitative estimate of drug-likeness (QED) is 0.0934. The minimum atomic E-state index is -0.705. The van der Waals surface area contributed by atoms with Crippen LogP contribution in [0, 0.1) is 0 Å². The molecule has 0 aliphatic carbocycles. The monoisotopic (exact) mass is 662 g/mol. The van der Waals surface area contributed by atoms with E-state index in [1.165, 1.54) is 17.4 Å². The van der Waals surface area contributed by atoms with E-state index in [-0.39, 0.29) is 12.2 Å². The van der Waals surface area contributed by atoms with Crippen molar-refractivity contribution in [2.45, 2.75) is 31.2 Å². The normalized spacial score (nSPS) is 14.4. The van der Waals surface area contributed by atoms with Crippen LogP contribution in [-0.4, -0.2) is 39.8 Å². The number of thioether (sulfide) groups is 1. The number of aromatic nitrogens is 3. The summed E-state index contributed by atoms with van der Waals surface area (Å²) in [4.78, 5) is 34.0. The van der Waals surface area contributed by atoms with Gasteiger partial charge < -0.3 is 9.47 Å². The van der Waals surface area contributed by atoms with Gasteiger partial charge in [-0.3, -0.25) is 9.36 Å². The first-order valence-electron chi connectivity index (χ1n) is 15.2. The molecule has 1 unspecified atom stereocenters. The molecule has 3 heterocycles. The molecule has 2 aromatic heterocycles. The van der Waals surface area contributed by atoms with E-state index in [1.54, 1.807) is 23.3 Å². The van der Waals surface area contributed by atoms with Gasteiger partial charge in [0.2, 0.25) is 0 Å². The van der Waals surface area contributed by atoms with Crippen molar-refractivity contribution in [2.75, 3.05) is 19.5 Å². The van der Waals surface area contributed by atoms with Crippen LogP contribution in [0.5, 0.6) is 5.75 Å². The van der Waals surface area contributed by atoms with Crippen molar-refractivity contribution in [3.05, 3.63) is 140 Å². The van der Waals surface area contributed by atoms with Crippen LogP contribution in [0.1, 0.15) is 37.4 Å². The van der Waals surface area contributed by atoms with Crippen molar-refractivity contribution in [1.29, 1.82) is 0 Å². The lowest BCUT2D eigenvalue weighted by Gasteiger charge is -2.24. The number of fused-ring (bicyclic) bond motifs is 1. The Bertz CT molecular complexity index is 2130. The van der Waals surface area contributed by atoms with Crippen LogP contribution in [-0.2, 0) is 9.53 Å². The van der Waals surface area contributed by atoms with Gasteiger partial charge in [0, 0.05) is 22.2 Å². The second kappa shape index (κ2) is 14.2. The smallest absolute Gasteiger partial charge is 0.338 e. The lowest BCUT2D eigenvalue weighted by Crippen LogP contribution is -2.39. The molecule has 0 radical (unpaired) electrons. The Kier molecular flexibility index (Phi) is 9.70. The van der Waals surface area contributed by atoms with Gasteiger partial charge in [0.25, 0.3) is 5.56 Å². The van der Waals surface area contributed by atoms with E-state index in [4.69, 9.17) is 19.6 Å². The first-order valence-corrected chi connectivity index (χ1v) is 17.3. The second-order valence-electron chi connectivity index (χ2n) is 10.8. The van der Waals surface area contributed by atoms with Crippen molar-refractivity contribution >= 4 is 35.1 Å². The first kappa shape index (κ1) is 32.0. The predicted octanol–water partition coefficient (Wildman–Crippen LogP) is 6.33. The van der Waals surface area contributed by atoms with Gasteiger partial charge in [-0.05, 0) is 79.8 Å². The van der Waals surface area contributed by atoms with Gasteiger partial charge in [-0.2, -0.15) is 5.10 Å². The standard InChI is InChI=1S/C37H34N4O4S2/c1-5-20-44-29-16-12-25(13-17-29)33-27(23-40(39-33)28-10-8-7-9-11-28)22-31-35(42)41-34(26-14-18-30(46-4)19-15-26)32(36(43)45-21-6-2)24(3)38-37(41)47-31/h6-19,22-23,34H,2,5,20-21H2,1,3-4H3. The maximum atomic E-state index is 14.3. The SMILES string of the molecule is C=CCOC(=O)C1=C(C)N=c2sc(=Cc3cn(-c4ccccc4)nc3-c3ccc(OCCC)cc3)c(=O)n2C1c1ccc(SC)cc1. The molecule has 6 rings (SSSR count). The molecule has 10 heteroatoms. The number of thiazole rings is 1. The minimum absolute atomic E-state index is 0.0536. The largest absolute Gasteiger partial charge is 0.494 e. The summed E-state index contributed by atoms with van der Waals surface area (Å²) in [5.41, 5.74) is 4.63. The summed E-state index contributed by atoms with van der Waals surface area (Å²) < 4.78 is 15.2. The van der Waals surface area contributed by atoms with Crippen LogP contribution in [0.15, 0.2) is 124 Å². The molecule has 0 saturated heterocycles. The molecule has 1 atom stereocenters. The second-order valence-corrected chi connectivity index (χ2v) is 12.7. The number of hydrogen-bond donors (Lipinski definition) is 0. The summed E-state index contributed by atoms with van der Waals surface area (Å²) >= 11 is 2.90. The Morgan fingerprint density at radius 3 is 2.49 bits per heavy atom. The fourth-order valence-corrected chi connectivity index (χ4v) is 6.84. The number of rotatable bonds is 11. The number of nitrogens with zero attached hydrogens (tertiary/aromatic N) is 4. The molecule has 47 heavy (non-hydrogen) atoms. The number of carbonyl (C=O) groups excluding carboxylic acids is 1. The number of allylic oxidation sites excluding steroid dienone is 1. The topological polar surface area (TPSA) is 87.7 Å². The minimum Gasteiger partial charge on any atom is -0.494 e. The van der Waals surface area contributed by atoms with Crippen LogP contribution < -0.4 is 19.6 Å². The number of carbonyl (C=O) groups is 1. The molecule has 1 aliphatic heterocycles. The summed E-state index contributed by atoms with van der Waals surface area (Å²) in [7, 11) is 0. The van der Waals surface area contributed by atoms with E-state index in [1.807, 2.05) is 102 Å². The van der Waals surface area contributed by atoms with Gasteiger partial charge in [-0.15, -0.1) is 11.8 Å². The summed E-state index contributed by atoms with van der Waals surface area (Å²) in [6, 6.07) is 24.8. The summed E-state index contributed by atoms with van der Waals surface area (Å²) in [5.74, 6) is 0.258. The van der Waals surface area contributed by atoms with Gasteiger partial charge in [0.05, 0.1) is 34.1 Å². The maximum absolute atomic E-state index is 14.3. The third-order valence-electron chi connectivity index (χ3n) is 7.66. The van der Waals surface area contributed by atoms with E-state index in [9.17, 15) is 9.59 Å². The van der Waals surface area contributed by atoms with Crippen molar-refractivity contribution in [3.8, 4) is 22.7 Å². The fraction of sp³-hybridized carbons (Fsp3) is 0.189. The Morgan fingerprint density at radius 1 is 1.06 bits per heavy atom. The van der Waals surface area contributed by atoms with Crippen LogP contribution in [0.4, 0.5) is 0 Å². The molecule has 0 saturated carbocycles. The number of para-hydroxylation sites is 1. The summed E-state index contributed by atoms with van der Waals surface area (Å²) in [6.45, 7) is 8.21. The first-order chi connectivity index (χ1) is 22.9. The van der Waals surface area contributed by atoms with Gasteiger partial charge in [0.15, 0.2) is 4.80 Å². The third-order valence-corrected chi connectivity index (χ3v) is 9.38. The predicted molar refractivity (Wildman–Crippen MR) is 188 cm³/mol. The number of hydrogen-bond acceptors (Lipinski definition) is 8. The Morgan fingerprint density at radius 2 is 1.81 bits per heavy atom. The van der Waals surface area contributed by atoms with E-state index >= 15 is 0 Å². The molecular weight excluding hydrogens is 629 g/mol. The van der Waals surface area contributed by atoms with Crippen LogP contribution >= 0.6 is 23.1 Å². The molecule has 0 fully saturated rings. The highest BCUT2D eigenvalue weighted by Gasteiger charge is 2.33. The molecule has 238 valence electrons. The fourth-order valence-electron chi connectivity index (χ4n) is 5.40. The molecule has 0 amide bonds. The molecule has 5 aromatic rings. The molecule has 0 spiro atoms. The van der Waals surface area contributed by atoms with E-state index in [0.717, 1.165) is 45.1 Å². The highest BCUT2D eigenvalue weighted by atomic mass is 32.2. The molecule has 1 aliphatic rings. The van der Waals surface area contributed by atoms with Crippen molar-refractivity contribution < 1.29 is 14.3 Å². The van der Waals surface area contributed by atoms with E-state index in [0.29, 0.717) is 27.2 Å². The molecule has 8 nitrogen and oxygen atoms in total. The van der Waals surface area contributed by atoms with Gasteiger partial charge in [-0.1, -0.05) is 61.2 Å². The van der Waals surface area contributed by atoms with Gasteiger partial charge >= 0.3 is 5.97 Å². The van der Waals surface area contributed by atoms with Gasteiger partial charge in [-0.25, -0.2) is 14.5 Å². The maximum Gasteiger partial charge on any atom is 0.338 e. The lowest BCUT2D eigenvalue weighted by molar-refractivity contribution is -0.138. The third kappa shape index (κ3) is 6.65. The highest BCUT2D eigenvalue weighted by Crippen LogP contribution is 2.32. The molecule has 0 N–H and O–H groups in total. The van der Waals surface area contributed by atoms with Crippen molar-refractivity contribution in [3.63, 3.8) is 0 Å². The number of esters is 1. The number of ether oxygens (including phenoxy) is 2. The zero-order chi connectivity index (χ0) is 32.9. The van der Waals surface area contributed by atoms with Gasteiger partial charge in [0.1, 0.15) is 18.1 Å². The summed E-state index contributed by atoms with van der Waals surface area (Å²) in [5, 5.41) is 4.94. The van der Waals surface area contributed by atoms with E-state index < -0.39 is 12.0 Å². The Labute approximate surface area is 281 Å². The Balaban J connectivity index is 1.51. The zero-order valence-electron chi connectivity index (χ0n) is 26.4. The van der Waals surface area contributed by atoms with Crippen molar-refractivity contribution in [1.82, 2.24) is 14.3 Å². The lowest BCUT2D eigenvalue weighted by atomic mass is 9.96.